The number of ether oxygens (including phenoxy) is 2. The molecular formula is C13H15N3O4S. The fraction of sp³-hybridized carbons (Fsp3) is 0.154. The first-order chi connectivity index (χ1) is 9.97. The molecule has 1 heterocycles. The largest absolute Gasteiger partial charge is 0.493 e. The second-order valence-corrected chi connectivity index (χ2v) is 5.77. The van der Waals surface area contributed by atoms with Crippen molar-refractivity contribution in [2.24, 2.45) is 0 Å². The summed E-state index contributed by atoms with van der Waals surface area (Å²) in [5.74, 6) is 0.787. The second-order valence-electron chi connectivity index (χ2n) is 4.09. The molecule has 8 heteroatoms. The summed E-state index contributed by atoms with van der Waals surface area (Å²) < 4.78 is 37.1. The van der Waals surface area contributed by atoms with Gasteiger partial charge in [-0.25, -0.2) is 8.42 Å². The summed E-state index contributed by atoms with van der Waals surface area (Å²) in [6.45, 7) is 0. The van der Waals surface area contributed by atoms with E-state index in [9.17, 15) is 8.42 Å². The van der Waals surface area contributed by atoms with Gasteiger partial charge in [0.2, 0.25) is 0 Å². The summed E-state index contributed by atoms with van der Waals surface area (Å²) in [6, 6.07) is 5.92. The minimum atomic E-state index is -3.77. The predicted molar refractivity (Wildman–Crippen MR) is 79.0 cm³/mol. The van der Waals surface area contributed by atoms with Crippen LogP contribution in [0.5, 0.6) is 11.5 Å². The van der Waals surface area contributed by atoms with Gasteiger partial charge in [0.05, 0.1) is 25.6 Å². The van der Waals surface area contributed by atoms with Gasteiger partial charge in [0, 0.05) is 24.5 Å². The van der Waals surface area contributed by atoms with Gasteiger partial charge in [0.1, 0.15) is 4.90 Å². The first kappa shape index (κ1) is 14.9. The molecule has 0 aliphatic heterocycles. The Hall–Kier alpha value is -2.48. The standard InChI is InChI=1S/C13H15N3O4S/c1-19-12-6-10(14)11(7-13(12)20-2)16-21(17,18)9-4-3-5-15-8-9/h3-8,16H,14H2,1-2H3. The van der Waals surface area contributed by atoms with Crippen molar-refractivity contribution in [2.45, 2.75) is 4.90 Å². The number of anilines is 2. The molecule has 0 atom stereocenters. The lowest BCUT2D eigenvalue weighted by Crippen LogP contribution is -2.14. The molecule has 0 aliphatic rings. The van der Waals surface area contributed by atoms with E-state index in [4.69, 9.17) is 15.2 Å². The number of nitrogens with two attached hydrogens (primary N) is 1. The maximum absolute atomic E-state index is 12.2. The Kier molecular flexibility index (Phi) is 4.18. The van der Waals surface area contributed by atoms with E-state index in [0.29, 0.717) is 11.5 Å². The smallest absolute Gasteiger partial charge is 0.263 e. The number of sulfonamides is 1. The van der Waals surface area contributed by atoms with Crippen molar-refractivity contribution >= 4 is 21.4 Å². The molecule has 3 N–H and O–H groups in total. The summed E-state index contributed by atoms with van der Waals surface area (Å²) in [4.78, 5) is 3.82. The summed E-state index contributed by atoms with van der Waals surface area (Å²) >= 11 is 0. The van der Waals surface area contributed by atoms with Crippen LogP contribution in [0.3, 0.4) is 0 Å². The molecule has 2 aromatic rings. The number of methoxy groups -OCH3 is 2. The maximum Gasteiger partial charge on any atom is 0.263 e. The number of nitrogen functional groups attached to an aromatic ring is 1. The fourth-order valence-corrected chi connectivity index (χ4v) is 2.73. The Morgan fingerprint density at radius 3 is 2.43 bits per heavy atom. The highest BCUT2D eigenvalue weighted by Crippen LogP contribution is 2.35. The average molecular weight is 309 g/mol. The van der Waals surface area contributed by atoms with Gasteiger partial charge in [-0.3, -0.25) is 9.71 Å². The summed E-state index contributed by atoms with van der Waals surface area (Å²) in [6.07, 6.45) is 2.74. The van der Waals surface area contributed by atoms with E-state index in [1.165, 1.54) is 50.9 Å². The number of hydrogen-bond acceptors (Lipinski definition) is 6. The van der Waals surface area contributed by atoms with Crippen molar-refractivity contribution in [3.8, 4) is 11.5 Å². The molecule has 112 valence electrons. The van der Waals surface area contributed by atoms with Crippen molar-refractivity contribution in [3.05, 3.63) is 36.7 Å². The highest BCUT2D eigenvalue weighted by Gasteiger charge is 2.17. The van der Waals surface area contributed by atoms with Crippen LogP contribution in [0.25, 0.3) is 0 Å². The van der Waals surface area contributed by atoms with Gasteiger partial charge in [0.15, 0.2) is 11.5 Å². The first-order valence-electron chi connectivity index (χ1n) is 5.92. The van der Waals surface area contributed by atoms with Crippen LogP contribution in [0.15, 0.2) is 41.6 Å². The number of nitrogens with zero attached hydrogens (tertiary/aromatic N) is 1. The van der Waals surface area contributed by atoms with Crippen LogP contribution >= 0.6 is 0 Å². The Morgan fingerprint density at radius 1 is 1.19 bits per heavy atom. The van der Waals surface area contributed by atoms with Gasteiger partial charge in [-0.2, -0.15) is 0 Å². The van der Waals surface area contributed by atoms with Crippen molar-refractivity contribution < 1.29 is 17.9 Å². The predicted octanol–water partition coefficient (Wildman–Crippen LogP) is 1.48. The van der Waals surface area contributed by atoms with Crippen LogP contribution in [0, 0.1) is 0 Å². The zero-order chi connectivity index (χ0) is 15.5. The number of aromatic nitrogens is 1. The topological polar surface area (TPSA) is 104 Å². The molecule has 0 saturated heterocycles. The number of nitrogens with one attached hydrogen (secondary N) is 1. The van der Waals surface area contributed by atoms with Crippen LogP contribution in [-0.2, 0) is 10.0 Å². The highest BCUT2D eigenvalue weighted by molar-refractivity contribution is 7.92. The number of rotatable bonds is 5. The zero-order valence-corrected chi connectivity index (χ0v) is 12.3. The minimum absolute atomic E-state index is 0.0409. The second kappa shape index (κ2) is 5.88. The molecule has 0 unspecified atom stereocenters. The van der Waals surface area contributed by atoms with E-state index in [1.54, 1.807) is 0 Å². The SMILES string of the molecule is COc1cc(N)c(NS(=O)(=O)c2cccnc2)cc1OC. The molecule has 0 saturated carbocycles. The first-order valence-corrected chi connectivity index (χ1v) is 7.40. The Bertz CT molecular complexity index is 733. The van der Waals surface area contributed by atoms with Crippen LogP contribution in [0.4, 0.5) is 11.4 Å². The van der Waals surface area contributed by atoms with Crippen molar-refractivity contribution in [1.29, 1.82) is 0 Å². The quantitative estimate of drug-likeness (QED) is 0.811. The third kappa shape index (κ3) is 3.16. The molecule has 1 aromatic heterocycles. The summed E-state index contributed by atoms with van der Waals surface area (Å²) in [5.41, 5.74) is 6.26. The van der Waals surface area contributed by atoms with Gasteiger partial charge in [0.25, 0.3) is 10.0 Å². The van der Waals surface area contributed by atoms with E-state index in [-0.39, 0.29) is 16.3 Å². The lowest BCUT2D eigenvalue weighted by atomic mass is 10.2. The summed E-state index contributed by atoms with van der Waals surface area (Å²) in [7, 11) is -0.848. The third-order valence-corrected chi connectivity index (χ3v) is 4.10. The molecule has 0 radical (unpaired) electrons. The van der Waals surface area contributed by atoms with Crippen LogP contribution < -0.4 is 19.9 Å². The zero-order valence-electron chi connectivity index (χ0n) is 11.5. The molecule has 0 amide bonds. The molecule has 0 bridgehead atoms. The van der Waals surface area contributed by atoms with Crippen LogP contribution in [-0.4, -0.2) is 27.6 Å². The highest BCUT2D eigenvalue weighted by atomic mass is 32.2. The Balaban J connectivity index is 2.40. The third-order valence-electron chi connectivity index (χ3n) is 2.74. The molecule has 2 rings (SSSR count). The van der Waals surface area contributed by atoms with E-state index >= 15 is 0 Å². The molecule has 0 fully saturated rings. The fourth-order valence-electron chi connectivity index (χ4n) is 1.69. The number of pyridine rings is 1. The average Bonchev–Trinajstić information content (AvgIpc) is 2.49. The minimum Gasteiger partial charge on any atom is -0.493 e. The molecule has 0 aliphatic carbocycles. The summed E-state index contributed by atoms with van der Waals surface area (Å²) in [5, 5.41) is 0. The van der Waals surface area contributed by atoms with E-state index in [0.717, 1.165) is 0 Å². The molecule has 1 aromatic carbocycles. The number of hydrogen-bond donors (Lipinski definition) is 2. The van der Waals surface area contributed by atoms with Crippen molar-refractivity contribution in [2.75, 3.05) is 24.7 Å². The molecule has 7 nitrogen and oxygen atoms in total. The molecule has 21 heavy (non-hydrogen) atoms. The van der Waals surface area contributed by atoms with Crippen LogP contribution in [0.1, 0.15) is 0 Å². The van der Waals surface area contributed by atoms with E-state index < -0.39 is 10.0 Å². The van der Waals surface area contributed by atoms with Crippen molar-refractivity contribution in [1.82, 2.24) is 4.98 Å². The monoisotopic (exact) mass is 309 g/mol. The van der Waals surface area contributed by atoms with Gasteiger partial charge >= 0.3 is 0 Å². The Labute approximate surface area is 122 Å². The molecule has 0 spiro atoms. The lowest BCUT2D eigenvalue weighted by molar-refractivity contribution is 0.355. The molecular weight excluding hydrogens is 294 g/mol. The van der Waals surface area contributed by atoms with Crippen LogP contribution in [0.2, 0.25) is 0 Å². The Morgan fingerprint density at radius 2 is 1.86 bits per heavy atom. The number of benzene rings is 1. The van der Waals surface area contributed by atoms with Gasteiger partial charge < -0.3 is 15.2 Å². The van der Waals surface area contributed by atoms with Gasteiger partial charge in [-0.05, 0) is 12.1 Å². The lowest BCUT2D eigenvalue weighted by Gasteiger charge is -2.14. The van der Waals surface area contributed by atoms with E-state index in [2.05, 4.69) is 9.71 Å². The van der Waals surface area contributed by atoms with Gasteiger partial charge in [-0.1, -0.05) is 0 Å². The van der Waals surface area contributed by atoms with Gasteiger partial charge in [-0.15, -0.1) is 0 Å². The van der Waals surface area contributed by atoms with E-state index in [1.807, 2.05) is 0 Å². The maximum atomic E-state index is 12.2. The normalized spacial score (nSPS) is 11.0. The van der Waals surface area contributed by atoms with Crippen molar-refractivity contribution in [3.63, 3.8) is 0 Å².